The maximum absolute atomic E-state index is 13.3. The van der Waals surface area contributed by atoms with Crippen molar-refractivity contribution < 1.29 is 29.0 Å². The van der Waals surface area contributed by atoms with E-state index in [1.807, 2.05) is 66.7 Å². The molecule has 0 aliphatic heterocycles. The molecule has 42 heavy (non-hydrogen) atoms. The van der Waals surface area contributed by atoms with E-state index in [2.05, 4.69) is 27.8 Å². The fourth-order valence-electron chi connectivity index (χ4n) is 5.06. The number of carboxylic acid groups (broad SMARTS) is 1. The number of nitrogens with zero attached hydrogens (tertiary/aromatic N) is 1. The second-order valence-electron chi connectivity index (χ2n) is 9.98. The molecule has 4 aromatic rings. The monoisotopic (exact) mass is 585 g/mol. The molecule has 1 aromatic heterocycles. The lowest BCUT2D eigenvalue weighted by atomic mass is 9.98. The van der Waals surface area contributed by atoms with E-state index in [9.17, 15) is 19.5 Å². The summed E-state index contributed by atoms with van der Waals surface area (Å²) in [5.41, 5.74) is 5.28. The summed E-state index contributed by atoms with van der Waals surface area (Å²) in [6, 6.07) is 24.5. The van der Waals surface area contributed by atoms with E-state index in [-0.39, 0.29) is 31.4 Å². The number of carboxylic acids is 1. The van der Waals surface area contributed by atoms with E-state index in [0.717, 1.165) is 27.8 Å². The number of aromatic nitrogens is 1. The van der Waals surface area contributed by atoms with Gasteiger partial charge >= 0.3 is 12.1 Å². The highest BCUT2D eigenvalue weighted by Crippen LogP contribution is 2.44. The van der Waals surface area contributed by atoms with E-state index in [4.69, 9.17) is 9.47 Å². The summed E-state index contributed by atoms with van der Waals surface area (Å²) in [5, 5.41) is 15.2. The van der Waals surface area contributed by atoms with Gasteiger partial charge in [-0.3, -0.25) is 4.79 Å². The van der Waals surface area contributed by atoms with Crippen LogP contribution in [0.25, 0.3) is 11.1 Å². The highest BCUT2D eigenvalue weighted by molar-refractivity contribution is 7.11. The van der Waals surface area contributed by atoms with Gasteiger partial charge in [0.05, 0.1) is 19.3 Å². The van der Waals surface area contributed by atoms with Crippen LogP contribution in [0, 0.1) is 6.92 Å². The van der Waals surface area contributed by atoms with Gasteiger partial charge in [0.1, 0.15) is 17.7 Å². The molecule has 0 spiro atoms. The number of hydrogen-bond donors (Lipinski definition) is 3. The Hall–Kier alpha value is -4.54. The van der Waals surface area contributed by atoms with Crippen LogP contribution in [-0.4, -0.2) is 46.8 Å². The molecule has 10 heteroatoms. The zero-order chi connectivity index (χ0) is 29.6. The highest BCUT2D eigenvalue weighted by Gasteiger charge is 2.32. The summed E-state index contributed by atoms with van der Waals surface area (Å²) in [6.07, 6.45) is -1.45. The maximum atomic E-state index is 13.3. The number of hydrogen-bond acceptors (Lipinski definition) is 7. The van der Waals surface area contributed by atoms with Crippen LogP contribution < -0.4 is 10.6 Å². The van der Waals surface area contributed by atoms with E-state index in [0.29, 0.717) is 9.88 Å². The summed E-state index contributed by atoms with van der Waals surface area (Å²) >= 11 is 1.19. The third kappa shape index (κ3) is 6.50. The van der Waals surface area contributed by atoms with Crippen LogP contribution in [0.2, 0.25) is 0 Å². The average molecular weight is 586 g/mol. The normalized spacial score (nSPS) is 13.5. The summed E-state index contributed by atoms with van der Waals surface area (Å²) in [5.74, 6) is -1.76. The number of amides is 2. The van der Waals surface area contributed by atoms with Crippen LogP contribution in [0.4, 0.5) is 4.79 Å². The predicted molar refractivity (Wildman–Crippen MR) is 158 cm³/mol. The van der Waals surface area contributed by atoms with Crippen molar-refractivity contribution in [3.05, 3.63) is 111 Å². The first-order valence-electron chi connectivity index (χ1n) is 13.6. The summed E-state index contributed by atoms with van der Waals surface area (Å²) in [4.78, 5) is 42.4. The number of fused-ring (bicyclic) bond motifs is 3. The number of alkyl carbamates (subject to hydrolysis) is 1. The molecule has 1 aliphatic carbocycles. The molecule has 9 nitrogen and oxygen atoms in total. The van der Waals surface area contributed by atoms with Gasteiger partial charge < -0.3 is 25.2 Å². The van der Waals surface area contributed by atoms with Crippen molar-refractivity contribution in [1.29, 1.82) is 0 Å². The van der Waals surface area contributed by atoms with Crippen molar-refractivity contribution >= 4 is 29.3 Å². The molecule has 0 bridgehead atoms. The van der Waals surface area contributed by atoms with Gasteiger partial charge in [0, 0.05) is 10.8 Å². The number of aromatic carboxylic acids is 1. The van der Waals surface area contributed by atoms with Crippen molar-refractivity contribution in [1.82, 2.24) is 15.6 Å². The molecule has 0 radical (unpaired) electrons. The topological polar surface area (TPSA) is 127 Å². The van der Waals surface area contributed by atoms with Gasteiger partial charge in [-0.2, -0.15) is 0 Å². The van der Waals surface area contributed by atoms with Gasteiger partial charge in [-0.1, -0.05) is 78.9 Å². The number of rotatable bonds is 11. The summed E-state index contributed by atoms with van der Waals surface area (Å²) in [6.45, 7) is 3.71. The molecule has 2 amide bonds. The third-order valence-corrected chi connectivity index (χ3v) is 8.15. The molecule has 2 unspecified atom stereocenters. The number of carbonyl (C=O) groups is 3. The van der Waals surface area contributed by atoms with Gasteiger partial charge in [-0.05, 0) is 41.7 Å². The van der Waals surface area contributed by atoms with Crippen molar-refractivity contribution in [2.45, 2.75) is 45.1 Å². The van der Waals surface area contributed by atoms with Gasteiger partial charge in [0.2, 0.25) is 5.91 Å². The lowest BCUT2D eigenvalue weighted by Gasteiger charge is -2.25. The molecule has 0 saturated heterocycles. The zero-order valence-corrected chi connectivity index (χ0v) is 24.0. The second kappa shape index (κ2) is 13.0. The van der Waals surface area contributed by atoms with Crippen molar-refractivity contribution in [3.8, 4) is 11.1 Å². The van der Waals surface area contributed by atoms with Crippen LogP contribution in [0.1, 0.15) is 49.9 Å². The third-order valence-electron chi connectivity index (χ3n) is 7.18. The first-order chi connectivity index (χ1) is 20.3. The van der Waals surface area contributed by atoms with E-state index in [1.54, 1.807) is 13.8 Å². The number of carbonyl (C=O) groups excluding carboxylic acids is 2. The van der Waals surface area contributed by atoms with Crippen LogP contribution in [0.15, 0.2) is 78.9 Å². The molecule has 0 fully saturated rings. The second-order valence-corrected chi connectivity index (χ2v) is 11.3. The van der Waals surface area contributed by atoms with E-state index >= 15 is 0 Å². The summed E-state index contributed by atoms with van der Waals surface area (Å²) in [7, 11) is 0. The number of thiazole rings is 1. The molecule has 1 heterocycles. The van der Waals surface area contributed by atoms with Gasteiger partial charge in [-0.15, -0.1) is 11.3 Å². The van der Waals surface area contributed by atoms with Crippen molar-refractivity contribution in [3.63, 3.8) is 0 Å². The minimum absolute atomic E-state index is 0.00585. The first kappa shape index (κ1) is 29.0. The number of nitrogens with one attached hydrogen (secondary N) is 2. The van der Waals surface area contributed by atoms with Crippen LogP contribution in [0.3, 0.4) is 0 Å². The largest absolute Gasteiger partial charge is 0.476 e. The van der Waals surface area contributed by atoms with Crippen molar-refractivity contribution in [2.75, 3.05) is 6.61 Å². The lowest BCUT2D eigenvalue weighted by molar-refractivity contribution is -0.127. The number of benzene rings is 3. The minimum Gasteiger partial charge on any atom is -0.476 e. The predicted octanol–water partition coefficient (Wildman–Crippen LogP) is 5.28. The lowest BCUT2D eigenvalue weighted by Crippen LogP contribution is -2.53. The Morgan fingerprint density at radius 1 is 0.952 bits per heavy atom. The SMILES string of the molecule is Cc1sc(CNC(=O)C(NC(=O)OCC2c3ccccc3-c3ccccc32)C(C)OCc2ccccc2)nc1C(=O)O. The fraction of sp³-hybridized carbons (Fsp3) is 0.250. The Morgan fingerprint density at radius 3 is 2.19 bits per heavy atom. The molecular weight excluding hydrogens is 554 g/mol. The Morgan fingerprint density at radius 2 is 1.57 bits per heavy atom. The molecule has 3 aromatic carbocycles. The van der Waals surface area contributed by atoms with Crippen LogP contribution in [-0.2, 0) is 27.4 Å². The van der Waals surface area contributed by atoms with Crippen molar-refractivity contribution in [2.24, 2.45) is 0 Å². The summed E-state index contributed by atoms with van der Waals surface area (Å²) < 4.78 is 11.6. The standard InChI is InChI=1S/C32H31N3O6S/c1-19(40-17-21-10-4-3-5-11-21)28(30(36)33-16-27-34-29(31(37)38)20(2)42-27)35-32(39)41-18-26-24-14-8-6-12-22(24)23-13-7-9-15-25(23)26/h3-15,19,26,28H,16-18H2,1-2H3,(H,33,36)(H,35,39)(H,37,38). The van der Waals surface area contributed by atoms with Gasteiger partial charge in [0.25, 0.3) is 0 Å². The Bertz CT molecular complexity index is 1540. The molecular formula is C32H31N3O6S. The fourth-order valence-corrected chi connectivity index (χ4v) is 5.92. The smallest absolute Gasteiger partial charge is 0.407 e. The highest BCUT2D eigenvalue weighted by atomic mass is 32.1. The Balaban J connectivity index is 1.26. The number of aryl methyl sites for hydroxylation is 1. The minimum atomic E-state index is -1.13. The molecule has 3 N–H and O–H groups in total. The van der Waals surface area contributed by atoms with E-state index in [1.165, 1.54) is 11.3 Å². The average Bonchev–Trinajstić information content (AvgIpc) is 3.54. The number of ether oxygens (including phenoxy) is 2. The first-order valence-corrected chi connectivity index (χ1v) is 14.4. The molecule has 1 aliphatic rings. The van der Waals surface area contributed by atoms with Gasteiger partial charge in [0.15, 0.2) is 5.69 Å². The Labute approximate surface area is 247 Å². The molecule has 5 rings (SSSR count). The maximum Gasteiger partial charge on any atom is 0.407 e. The molecule has 0 saturated carbocycles. The quantitative estimate of drug-likeness (QED) is 0.219. The molecule has 216 valence electrons. The van der Waals surface area contributed by atoms with Gasteiger partial charge in [-0.25, -0.2) is 14.6 Å². The Kier molecular flexibility index (Phi) is 8.94. The van der Waals surface area contributed by atoms with Crippen LogP contribution in [0.5, 0.6) is 0 Å². The van der Waals surface area contributed by atoms with E-state index < -0.39 is 30.1 Å². The molecule has 2 atom stereocenters. The zero-order valence-electron chi connectivity index (χ0n) is 23.2. The van der Waals surface area contributed by atoms with Crippen LogP contribution >= 0.6 is 11.3 Å².